The molecule has 0 aliphatic carbocycles. The molecule has 1 atom stereocenters. The van der Waals surface area contributed by atoms with Crippen LogP contribution in [0.25, 0.3) is 0 Å². The SMILES string of the molecule is CCOC(=O)C1C=NN(c2ccccc2)C1. The van der Waals surface area contributed by atoms with Gasteiger partial charge in [-0.25, -0.2) is 0 Å². The van der Waals surface area contributed by atoms with Crippen LogP contribution in [0.15, 0.2) is 35.4 Å². The van der Waals surface area contributed by atoms with Crippen molar-refractivity contribution in [2.45, 2.75) is 6.92 Å². The van der Waals surface area contributed by atoms with Crippen LogP contribution in [0.2, 0.25) is 0 Å². The minimum absolute atomic E-state index is 0.204. The van der Waals surface area contributed by atoms with E-state index in [1.807, 2.05) is 35.3 Å². The van der Waals surface area contributed by atoms with Crippen LogP contribution in [0.5, 0.6) is 0 Å². The number of carbonyl (C=O) groups excluding carboxylic acids is 1. The van der Waals surface area contributed by atoms with E-state index in [0.717, 1.165) is 5.69 Å². The van der Waals surface area contributed by atoms with Crippen molar-refractivity contribution >= 4 is 17.9 Å². The molecule has 0 fully saturated rings. The molecule has 1 heterocycles. The zero-order chi connectivity index (χ0) is 11.4. The Morgan fingerprint density at radius 1 is 1.50 bits per heavy atom. The lowest BCUT2D eigenvalue weighted by Crippen LogP contribution is -2.25. The maximum absolute atomic E-state index is 11.5. The lowest BCUT2D eigenvalue weighted by atomic mass is 10.2. The number of anilines is 1. The number of hydrogen-bond donors (Lipinski definition) is 0. The molecule has 0 saturated carbocycles. The van der Waals surface area contributed by atoms with Crippen LogP contribution in [0.3, 0.4) is 0 Å². The second-order valence-electron chi connectivity index (χ2n) is 3.54. The van der Waals surface area contributed by atoms with Crippen LogP contribution in [-0.4, -0.2) is 25.3 Å². The number of esters is 1. The Hall–Kier alpha value is -1.84. The quantitative estimate of drug-likeness (QED) is 0.725. The normalized spacial score (nSPS) is 18.8. The Labute approximate surface area is 94.5 Å². The predicted octanol–water partition coefficient (Wildman–Crippen LogP) is 1.67. The minimum Gasteiger partial charge on any atom is -0.465 e. The van der Waals surface area contributed by atoms with Crippen molar-refractivity contribution in [3.05, 3.63) is 30.3 Å². The van der Waals surface area contributed by atoms with E-state index in [0.29, 0.717) is 13.2 Å². The molecule has 16 heavy (non-hydrogen) atoms. The van der Waals surface area contributed by atoms with Crippen LogP contribution in [-0.2, 0) is 9.53 Å². The number of para-hydroxylation sites is 1. The zero-order valence-corrected chi connectivity index (χ0v) is 9.17. The molecule has 0 saturated heterocycles. The highest BCUT2D eigenvalue weighted by Gasteiger charge is 2.26. The topological polar surface area (TPSA) is 41.9 Å². The predicted molar refractivity (Wildman–Crippen MR) is 62.4 cm³/mol. The molecule has 0 spiro atoms. The van der Waals surface area contributed by atoms with Crippen molar-refractivity contribution in [3.8, 4) is 0 Å². The van der Waals surface area contributed by atoms with E-state index in [-0.39, 0.29) is 11.9 Å². The summed E-state index contributed by atoms with van der Waals surface area (Å²) in [4.78, 5) is 11.5. The summed E-state index contributed by atoms with van der Waals surface area (Å²) in [6.45, 7) is 2.77. The van der Waals surface area contributed by atoms with Crippen molar-refractivity contribution < 1.29 is 9.53 Å². The van der Waals surface area contributed by atoms with E-state index in [2.05, 4.69) is 5.10 Å². The fourth-order valence-electron chi connectivity index (χ4n) is 1.60. The fraction of sp³-hybridized carbons (Fsp3) is 0.333. The number of rotatable bonds is 3. The van der Waals surface area contributed by atoms with Crippen molar-refractivity contribution in [1.82, 2.24) is 0 Å². The maximum atomic E-state index is 11.5. The second kappa shape index (κ2) is 4.79. The van der Waals surface area contributed by atoms with E-state index in [9.17, 15) is 4.79 Å². The Morgan fingerprint density at radius 3 is 2.94 bits per heavy atom. The third kappa shape index (κ3) is 2.21. The average Bonchev–Trinajstić information content (AvgIpc) is 2.80. The lowest BCUT2D eigenvalue weighted by molar-refractivity contribution is -0.144. The van der Waals surface area contributed by atoms with E-state index in [1.165, 1.54) is 0 Å². The summed E-state index contributed by atoms with van der Waals surface area (Å²) in [6.07, 6.45) is 1.64. The number of nitrogens with zero attached hydrogens (tertiary/aromatic N) is 2. The highest BCUT2D eigenvalue weighted by molar-refractivity contribution is 5.92. The molecule has 4 nitrogen and oxygen atoms in total. The molecule has 84 valence electrons. The summed E-state index contributed by atoms with van der Waals surface area (Å²) in [7, 11) is 0. The number of ether oxygens (including phenoxy) is 1. The molecule has 1 aromatic carbocycles. The first-order valence-electron chi connectivity index (χ1n) is 5.34. The third-order valence-corrected chi connectivity index (χ3v) is 2.40. The minimum atomic E-state index is -0.250. The van der Waals surface area contributed by atoms with E-state index < -0.39 is 0 Å². The molecule has 1 aromatic rings. The van der Waals surface area contributed by atoms with Gasteiger partial charge in [-0.2, -0.15) is 5.10 Å². The monoisotopic (exact) mass is 218 g/mol. The first-order chi connectivity index (χ1) is 7.81. The summed E-state index contributed by atoms with van der Waals surface area (Å²) in [6, 6.07) is 9.77. The van der Waals surface area contributed by atoms with E-state index in [1.54, 1.807) is 13.1 Å². The van der Waals surface area contributed by atoms with Gasteiger partial charge in [-0.15, -0.1) is 0 Å². The van der Waals surface area contributed by atoms with E-state index in [4.69, 9.17) is 4.74 Å². The van der Waals surface area contributed by atoms with Gasteiger partial charge < -0.3 is 4.74 Å². The Bertz CT molecular complexity index is 389. The molecule has 1 aliphatic heterocycles. The summed E-state index contributed by atoms with van der Waals surface area (Å²) < 4.78 is 4.95. The van der Waals surface area contributed by atoms with Crippen molar-refractivity contribution in [1.29, 1.82) is 0 Å². The molecule has 2 rings (SSSR count). The Balaban J connectivity index is 2.00. The van der Waals surface area contributed by atoms with Gasteiger partial charge in [-0.1, -0.05) is 18.2 Å². The highest BCUT2D eigenvalue weighted by atomic mass is 16.5. The van der Waals surface area contributed by atoms with Crippen LogP contribution in [0.1, 0.15) is 6.92 Å². The van der Waals surface area contributed by atoms with Crippen LogP contribution in [0, 0.1) is 5.92 Å². The van der Waals surface area contributed by atoms with Gasteiger partial charge in [0.25, 0.3) is 0 Å². The van der Waals surface area contributed by atoms with Crippen molar-refractivity contribution in [2.24, 2.45) is 11.0 Å². The Morgan fingerprint density at radius 2 is 2.25 bits per heavy atom. The molecule has 0 N–H and O–H groups in total. The summed E-state index contributed by atoms with van der Waals surface area (Å²) in [5.74, 6) is -0.454. The van der Waals surface area contributed by atoms with Gasteiger partial charge in [0.15, 0.2) is 0 Å². The average molecular weight is 218 g/mol. The highest BCUT2D eigenvalue weighted by Crippen LogP contribution is 2.19. The number of carbonyl (C=O) groups is 1. The first-order valence-corrected chi connectivity index (χ1v) is 5.34. The van der Waals surface area contributed by atoms with Gasteiger partial charge in [-0.05, 0) is 19.1 Å². The molecular formula is C12H14N2O2. The Kier molecular flexibility index (Phi) is 3.19. The van der Waals surface area contributed by atoms with Gasteiger partial charge in [0.05, 0.1) is 18.8 Å². The van der Waals surface area contributed by atoms with Crippen molar-refractivity contribution in [2.75, 3.05) is 18.2 Å². The molecule has 0 aromatic heterocycles. The van der Waals surface area contributed by atoms with Gasteiger partial charge in [0, 0.05) is 6.21 Å². The maximum Gasteiger partial charge on any atom is 0.316 e. The molecule has 0 radical (unpaired) electrons. The van der Waals surface area contributed by atoms with Crippen LogP contribution < -0.4 is 5.01 Å². The first kappa shape index (κ1) is 10.7. The van der Waals surface area contributed by atoms with Crippen LogP contribution in [0.4, 0.5) is 5.69 Å². The molecule has 0 amide bonds. The number of hydrazone groups is 1. The molecule has 0 bridgehead atoms. The van der Waals surface area contributed by atoms with Gasteiger partial charge in [0.1, 0.15) is 5.92 Å². The molecule has 1 unspecified atom stereocenters. The second-order valence-corrected chi connectivity index (χ2v) is 3.54. The van der Waals surface area contributed by atoms with Crippen LogP contribution >= 0.6 is 0 Å². The van der Waals surface area contributed by atoms with Gasteiger partial charge >= 0.3 is 5.97 Å². The summed E-state index contributed by atoms with van der Waals surface area (Å²) in [5, 5.41) is 6.01. The smallest absolute Gasteiger partial charge is 0.316 e. The molecule has 4 heteroatoms. The van der Waals surface area contributed by atoms with Crippen molar-refractivity contribution in [3.63, 3.8) is 0 Å². The number of benzene rings is 1. The van der Waals surface area contributed by atoms with E-state index >= 15 is 0 Å². The fourth-order valence-corrected chi connectivity index (χ4v) is 1.60. The standard InChI is InChI=1S/C12H14N2O2/c1-2-16-12(15)10-8-13-14(9-10)11-6-4-3-5-7-11/h3-8,10H,2,9H2,1H3. The number of hydrogen-bond acceptors (Lipinski definition) is 4. The third-order valence-electron chi connectivity index (χ3n) is 2.40. The summed E-state index contributed by atoms with van der Waals surface area (Å²) in [5.41, 5.74) is 0.991. The summed E-state index contributed by atoms with van der Waals surface area (Å²) >= 11 is 0. The zero-order valence-electron chi connectivity index (χ0n) is 9.17. The van der Waals surface area contributed by atoms with Gasteiger partial charge in [0.2, 0.25) is 0 Å². The lowest BCUT2D eigenvalue weighted by Gasteiger charge is -2.15. The molecular weight excluding hydrogens is 204 g/mol. The largest absolute Gasteiger partial charge is 0.465 e. The van der Waals surface area contributed by atoms with Gasteiger partial charge in [-0.3, -0.25) is 9.80 Å². The molecule has 1 aliphatic rings.